The number of carboxylic acid groups (broad SMARTS) is 1. The summed E-state index contributed by atoms with van der Waals surface area (Å²) in [5, 5.41) is 15.4. The predicted octanol–water partition coefficient (Wildman–Crippen LogP) is 3.22. The molecular weight excluding hydrogens is 328 g/mol. The predicted molar refractivity (Wildman–Crippen MR) is 94.1 cm³/mol. The van der Waals surface area contributed by atoms with Gasteiger partial charge < -0.3 is 10.4 Å². The molecule has 1 amide bonds. The van der Waals surface area contributed by atoms with E-state index in [4.69, 9.17) is 11.6 Å². The van der Waals surface area contributed by atoms with Gasteiger partial charge in [-0.1, -0.05) is 48.0 Å². The first-order valence-electron chi connectivity index (χ1n) is 7.52. The van der Waals surface area contributed by atoms with Crippen LogP contribution in [-0.2, 0) is 16.1 Å². The first-order chi connectivity index (χ1) is 11.5. The molecule has 0 aliphatic heterocycles. The van der Waals surface area contributed by atoms with E-state index in [1.165, 1.54) is 0 Å². The van der Waals surface area contributed by atoms with Gasteiger partial charge in [-0.25, -0.2) is 0 Å². The molecule has 3 N–H and O–H groups in total. The Balaban J connectivity index is 1.95. The van der Waals surface area contributed by atoms with Gasteiger partial charge in [0.2, 0.25) is 5.91 Å². The van der Waals surface area contributed by atoms with Gasteiger partial charge in [-0.05, 0) is 30.2 Å². The Bertz CT molecular complexity index is 719. The maximum absolute atomic E-state index is 12.1. The molecule has 5 nitrogen and oxygen atoms in total. The maximum Gasteiger partial charge on any atom is 0.321 e. The molecule has 0 spiro atoms. The lowest BCUT2D eigenvalue weighted by Crippen LogP contribution is -2.39. The minimum Gasteiger partial charge on any atom is -0.480 e. The number of anilines is 1. The van der Waals surface area contributed by atoms with Gasteiger partial charge in [0.1, 0.15) is 6.04 Å². The molecule has 2 aromatic rings. The molecule has 24 heavy (non-hydrogen) atoms. The van der Waals surface area contributed by atoms with Gasteiger partial charge in [-0.3, -0.25) is 14.9 Å². The van der Waals surface area contributed by atoms with Crippen molar-refractivity contribution >= 4 is 29.2 Å². The normalized spacial score (nSPS) is 11.8. The van der Waals surface area contributed by atoms with Gasteiger partial charge in [0, 0.05) is 17.3 Å². The van der Waals surface area contributed by atoms with Crippen molar-refractivity contribution in [1.82, 2.24) is 5.32 Å². The molecule has 0 aliphatic rings. The summed E-state index contributed by atoms with van der Waals surface area (Å²) in [6.45, 7) is 2.17. The smallest absolute Gasteiger partial charge is 0.321 e. The third-order valence-electron chi connectivity index (χ3n) is 3.62. The molecule has 1 unspecified atom stereocenters. The van der Waals surface area contributed by atoms with Crippen molar-refractivity contribution in [1.29, 1.82) is 0 Å². The van der Waals surface area contributed by atoms with Crippen LogP contribution < -0.4 is 10.6 Å². The van der Waals surface area contributed by atoms with Crippen molar-refractivity contribution in [2.45, 2.75) is 25.9 Å². The Morgan fingerprint density at radius 1 is 1.12 bits per heavy atom. The monoisotopic (exact) mass is 346 g/mol. The third-order valence-corrected chi connectivity index (χ3v) is 4.03. The molecule has 1 atom stereocenters. The molecule has 0 saturated carbocycles. The Hall–Kier alpha value is -2.37. The summed E-state index contributed by atoms with van der Waals surface area (Å²) >= 11 is 6.01. The molecule has 0 bridgehead atoms. The van der Waals surface area contributed by atoms with Crippen LogP contribution in [0.1, 0.15) is 17.5 Å². The van der Waals surface area contributed by atoms with E-state index < -0.39 is 12.0 Å². The zero-order valence-electron chi connectivity index (χ0n) is 13.3. The number of amides is 1. The third kappa shape index (κ3) is 5.08. The first kappa shape index (κ1) is 18.0. The molecule has 0 heterocycles. The van der Waals surface area contributed by atoms with Crippen molar-refractivity contribution in [2.75, 3.05) is 5.32 Å². The van der Waals surface area contributed by atoms with Crippen molar-refractivity contribution in [3.8, 4) is 0 Å². The van der Waals surface area contributed by atoms with Gasteiger partial charge in [0.05, 0.1) is 6.42 Å². The zero-order valence-corrected chi connectivity index (χ0v) is 14.0. The lowest BCUT2D eigenvalue weighted by Gasteiger charge is -2.15. The van der Waals surface area contributed by atoms with Crippen LogP contribution in [0.5, 0.6) is 0 Å². The standard InChI is InChI=1S/C18H19ClN2O3/c1-12-14(19)8-5-9-15(12)21-17(22)10-16(18(23)24)20-11-13-6-3-2-4-7-13/h2-9,16,20H,10-11H2,1H3,(H,21,22)(H,23,24). The second-order valence-electron chi connectivity index (χ2n) is 5.42. The summed E-state index contributed by atoms with van der Waals surface area (Å²) in [6, 6.07) is 13.6. The average molecular weight is 347 g/mol. The van der Waals surface area contributed by atoms with Gasteiger partial charge in [-0.15, -0.1) is 0 Å². The molecule has 126 valence electrons. The minimum atomic E-state index is -1.07. The van der Waals surface area contributed by atoms with Crippen molar-refractivity contribution in [3.05, 3.63) is 64.7 Å². The summed E-state index contributed by atoms with van der Waals surface area (Å²) in [5.41, 5.74) is 2.28. The molecule has 6 heteroatoms. The van der Waals surface area contributed by atoms with Crippen molar-refractivity contribution in [2.24, 2.45) is 0 Å². The van der Waals surface area contributed by atoms with Crippen LogP contribution in [0.15, 0.2) is 48.5 Å². The number of aliphatic carboxylic acids is 1. The topological polar surface area (TPSA) is 78.4 Å². The fourth-order valence-electron chi connectivity index (χ4n) is 2.21. The molecule has 0 radical (unpaired) electrons. The molecule has 0 fully saturated rings. The largest absolute Gasteiger partial charge is 0.480 e. The van der Waals surface area contributed by atoms with Crippen LogP contribution >= 0.6 is 11.6 Å². The summed E-state index contributed by atoms with van der Waals surface area (Å²) in [7, 11) is 0. The molecule has 0 aromatic heterocycles. The van der Waals surface area contributed by atoms with E-state index in [1.54, 1.807) is 25.1 Å². The second-order valence-corrected chi connectivity index (χ2v) is 5.83. The Kier molecular flexibility index (Phi) is 6.35. The number of hydrogen-bond acceptors (Lipinski definition) is 3. The lowest BCUT2D eigenvalue weighted by molar-refractivity contribution is -0.141. The Morgan fingerprint density at radius 3 is 2.50 bits per heavy atom. The SMILES string of the molecule is Cc1c(Cl)cccc1NC(=O)CC(NCc1ccccc1)C(=O)O. The number of carbonyl (C=O) groups is 2. The summed E-state index contributed by atoms with van der Waals surface area (Å²) < 4.78 is 0. The zero-order chi connectivity index (χ0) is 17.5. The fraction of sp³-hybridized carbons (Fsp3) is 0.222. The van der Waals surface area contributed by atoms with Gasteiger partial charge in [0.25, 0.3) is 0 Å². The van der Waals surface area contributed by atoms with Gasteiger partial charge >= 0.3 is 5.97 Å². The number of rotatable bonds is 7. The second kappa shape index (κ2) is 8.47. The number of halogens is 1. The van der Waals surface area contributed by atoms with E-state index >= 15 is 0 Å². The average Bonchev–Trinajstić information content (AvgIpc) is 2.56. The van der Waals surface area contributed by atoms with E-state index in [-0.39, 0.29) is 12.3 Å². The quantitative estimate of drug-likeness (QED) is 0.719. The highest BCUT2D eigenvalue weighted by Gasteiger charge is 2.21. The molecule has 0 saturated heterocycles. The van der Waals surface area contributed by atoms with Crippen LogP contribution in [0.4, 0.5) is 5.69 Å². The summed E-state index contributed by atoms with van der Waals surface area (Å²) in [4.78, 5) is 23.5. The number of carbonyl (C=O) groups excluding carboxylic acids is 1. The number of nitrogens with one attached hydrogen (secondary N) is 2. The van der Waals surface area contributed by atoms with Crippen LogP contribution in [-0.4, -0.2) is 23.0 Å². The van der Waals surface area contributed by atoms with Gasteiger partial charge in [0.15, 0.2) is 0 Å². The van der Waals surface area contributed by atoms with E-state index in [9.17, 15) is 14.7 Å². The van der Waals surface area contributed by atoms with Crippen molar-refractivity contribution < 1.29 is 14.7 Å². The molecule has 0 aliphatic carbocycles. The molecular formula is C18H19ClN2O3. The van der Waals surface area contributed by atoms with Crippen LogP contribution in [0.25, 0.3) is 0 Å². The lowest BCUT2D eigenvalue weighted by atomic mass is 10.1. The van der Waals surface area contributed by atoms with E-state index in [0.29, 0.717) is 17.3 Å². The van der Waals surface area contributed by atoms with E-state index in [1.807, 2.05) is 30.3 Å². The Labute approximate surface area is 145 Å². The van der Waals surface area contributed by atoms with Crippen LogP contribution in [0, 0.1) is 6.92 Å². The van der Waals surface area contributed by atoms with Crippen molar-refractivity contribution in [3.63, 3.8) is 0 Å². The van der Waals surface area contributed by atoms with E-state index in [2.05, 4.69) is 10.6 Å². The van der Waals surface area contributed by atoms with Gasteiger partial charge in [-0.2, -0.15) is 0 Å². The number of hydrogen-bond donors (Lipinski definition) is 3. The first-order valence-corrected chi connectivity index (χ1v) is 7.90. The highest BCUT2D eigenvalue weighted by atomic mass is 35.5. The van der Waals surface area contributed by atoms with Crippen LogP contribution in [0.3, 0.4) is 0 Å². The minimum absolute atomic E-state index is 0.172. The molecule has 2 rings (SSSR count). The van der Waals surface area contributed by atoms with E-state index in [0.717, 1.165) is 11.1 Å². The highest BCUT2D eigenvalue weighted by molar-refractivity contribution is 6.31. The highest BCUT2D eigenvalue weighted by Crippen LogP contribution is 2.23. The Morgan fingerprint density at radius 2 is 1.83 bits per heavy atom. The number of benzene rings is 2. The van der Waals surface area contributed by atoms with Crippen LogP contribution in [0.2, 0.25) is 5.02 Å². The summed E-state index contributed by atoms with van der Waals surface area (Å²) in [6.07, 6.45) is -0.172. The number of carboxylic acids is 1. The summed E-state index contributed by atoms with van der Waals surface area (Å²) in [5.74, 6) is -1.45. The fourth-order valence-corrected chi connectivity index (χ4v) is 2.39. The molecule has 2 aromatic carbocycles. The maximum atomic E-state index is 12.1.